The van der Waals surface area contributed by atoms with Gasteiger partial charge in [-0.3, -0.25) is 4.79 Å². The first-order valence-corrected chi connectivity index (χ1v) is 7.01. The highest BCUT2D eigenvalue weighted by Gasteiger charge is 2.35. The number of nitrogens with zero attached hydrogens (tertiary/aromatic N) is 2. The molecular formula is C9H16N2O5S. The smallest absolute Gasteiger partial charge is 0.354 e. The number of carbonyl (C=O) groups is 1. The summed E-state index contributed by atoms with van der Waals surface area (Å²) in [5.41, 5.74) is 0. The van der Waals surface area contributed by atoms with Crippen molar-refractivity contribution in [2.24, 2.45) is 0 Å². The first kappa shape index (κ1) is 12.7. The van der Waals surface area contributed by atoms with Gasteiger partial charge in [-0.05, 0) is 0 Å². The maximum Gasteiger partial charge on any atom is 0.354 e. The van der Waals surface area contributed by atoms with Crippen LogP contribution in [0, 0.1) is 0 Å². The Morgan fingerprint density at radius 2 is 1.35 bits per heavy atom. The van der Waals surface area contributed by atoms with E-state index in [1.165, 1.54) is 9.21 Å². The van der Waals surface area contributed by atoms with E-state index in [1.807, 2.05) is 0 Å². The Hall–Kier alpha value is -0.700. The van der Waals surface area contributed by atoms with Gasteiger partial charge in [0.05, 0.1) is 26.4 Å². The molecule has 1 amide bonds. The molecule has 17 heavy (non-hydrogen) atoms. The van der Waals surface area contributed by atoms with Crippen molar-refractivity contribution in [2.45, 2.75) is 0 Å². The number of hydrogen-bond acceptors (Lipinski definition) is 5. The molecule has 0 aliphatic carbocycles. The van der Waals surface area contributed by atoms with E-state index in [0.29, 0.717) is 39.5 Å². The largest absolute Gasteiger partial charge is 0.379 e. The summed E-state index contributed by atoms with van der Waals surface area (Å²) in [5, 5.41) is -0.817. The highest BCUT2D eigenvalue weighted by atomic mass is 32.2. The predicted octanol–water partition coefficient (Wildman–Crippen LogP) is -0.899. The van der Waals surface area contributed by atoms with Crippen molar-refractivity contribution >= 4 is 15.3 Å². The highest BCUT2D eigenvalue weighted by molar-refractivity contribution is 8.03. The van der Waals surface area contributed by atoms with E-state index in [4.69, 9.17) is 9.47 Å². The summed E-state index contributed by atoms with van der Waals surface area (Å²) < 4.78 is 35.4. The van der Waals surface area contributed by atoms with Crippen LogP contribution in [0.5, 0.6) is 0 Å². The fourth-order valence-corrected chi connectivity index (χ4v) is 3.17. The van der Waals surface area contributed by atoms with Crippen LogP contribution >= 0.6 is 0 Å². The fraction of sp³-hybridized carbons (Fsp3) is 0.889. The second-order valence-corrected chi connectivity index (χ2v) is 5.70. The summed E-state index contributed by atoms with van der Waals surface area (Å²) in [6.07, 6.45) is 0. The van der Waals surface area contributed by atoms with E-state index in [2.05, 4.69) is 0 Å². The Bertz CT molecular complexity index is 371. The molecule has 0 spiro atoms. The van der Waals surface area contributed by atoms with Crippen molar-refractivity contribution < 1.29 is 22.7 Å². The van der Waals surface area contributed by atoms with Crippen molar-refractivity contribution in [3.8, 4) is 0 Å². The Morgan fingerprint density at radius 1 is 0.882 bits per heavy atom. The average molecular weight is 264 g/mol. The van der Waals surface area contributed by atoms with Crippen LogP contribution in [0.4, 0.5) is 4.79 Å². The standard InChI is InChI=1S/C9H16N2O5S/c12-9(10-1-5-15-6-2-10)17(13,14)11-3-7-16-8-4-11/h1-8H2. The van der Waals surface area contributed by atoms with Gasteiger partial charge in [-0.2, -0.15) is 4.31 Å². The molecule has 7 nitrogen and oxygen atoms in total. The lowest BCUT2D eigenvalue weighted by Gasteiger charge is -2.30. The number of morpholine rings is 2. The minimum atomic E-state index is -3.88. The molecule has 0 bridgehead atoms. The third kappa shape index (κ3) is 2.76. The SMILES string of the molecule is O=C(N1CCOCC1)S(=O)(=O)N1CCOCC1. The van der Waals surface area contributed by atoms with Crippen LogP contribution in [0.3, 0.4) is 0 Å². The molecule has 0 radical (unpaired) electrons. The Morgan fingerprint density at radius 3 is 1.88 bits per heavy atom. The van der Waals surface area contributed by atoms with Crippen molar-refractivity contribution in [1.82, 2.24) is 9.21 Å². The molecule has 0 aromatic rings. The summed E-state index contributed by atoms with van der Waals surface area (Å²) in [4.78, 5) is 13.2. The molecule has 8 heteroatoms. The summed E-state index contributed by atoms with van der Waals surface area (Å²) in [6, 6.07) is 0. The van der Waals surface area contributed by atoms with Crippen LogP contribution in [0.1, 0.15) is 0 Å². The topological polar surface area (TPSA) is 76.2 Å². The number of sulfonamides is 1. The maximum atomic E-state index is 12.0. The molecular weight excluding hydrogens is 248 g/mol. The van der Waals surface area contributed by atoms with Gasteiger partial charge >= 0.3 is 5.24 Å². The normalized spacial score (nSPS) is 23.6. The van der Waals surface area contributed by atoms with Crippen LogP contribution in [-0.4, -0.2) is 75.5 Å². The fourth-order valence-electron chi connectivity index (χ4n) is 1.81. The summed E-state index contributed by atoms with van der Waals surface area (Å²) in [5.74, 6) is 0. The zero-order valence-corrected chi connectivity index (χ0v) is 10.3. The van der Waals surface area contributed by atoms with Gasteiger partial charge in [-0.1, -0.05) is 0 Å². The van der Waals surface area contributed by atoms with Gasteiger partial charge in [0.15, 0.2) is 0 Å². The van der Waals surface area contributed by atoms with Crippen LogP contribution in [-0.2, 0) is 19.5 Å². The quantitative estimate of drug-likeness (QED) is 0.613. The van der Waals surface area contributed by atoms with E-state index in [9.17, 15) is 13.2 Å². The lowest BCUT2D eigenvalue weighted by atomic mass is 10.5. The van der Waals surface area contributed by atoms with E-state index >= 15 is 0 Å². The second-order valence-electron chi connectivity index (χ2n) is 3.88. The van der Waals surface area contributed by atoms with Gasteiger partial charge in [-0.25, -0.2) is 8.42 Å². The van der Waals surface area contributed by atoms with Crippen LogP contribution in [0.25, 0.3) is 0 Å². The van der Waals surface area contributed by atoms with Gasteiger partial charge in [0.2, 0.25) is 0 Å². The zero-order valence-electron chi connectivity index (χ0n) is 9.50. The third-order valence-electron chi connectivity index (χ3n) is 2.80. The van der Waals surface area contributed by atoms with Crippen LogP contribution in [0.15, 0.2) is 0 Å². The molecule has 0 unspecified atom stereocenters. The number of carbonyl (C=O) groups excluding carboxylic acids is 1. The molecule has 2 aliphatic rings. The Kier molecular flexibility index (Phi) is 3.97. The first-order chi connectivity index (χ1) is 8.12. The molecule has 98 valence electrons. The van der Waals surface area contributed by atoms with Gasteiger partial charge in [0, 0.05) is 26.2 Å². The molecule has 0 aromatic carbocycles. The molecule has 2 saturated heterocycles. The lowest BCUT2D eigenvalue weighted by Crippen LogP contribution is -2.50. The van der Waals surface area contributed by atoms with E-state index in [1.54, 1.807) is 0 Å². The zero-order chi connectivity index (χ0) is 12.3. The van der Waals surface area contributed by atoms with E-state index < -0.39 is 15.3 Å². The van der Waals surface area contributed by atoms with Gasteiger partial charge < -0.3 is 14.4 Å². The van der Waals surface area contributed by atoms with E-state index in [0.717, 1.165) is 0 Å². The summed E-state index contributed by atoms with van der Waals surface area (Å²) in [7, 11) is -3.88. The van der Waals surface area contributed by atoms with Crippen molar-refractivity contribution in [2.75, 3.05) is 52.6 Å². The Labute approximate surface area is 100 Å². The molecule has 0 atom stereocenters. The monoisotopic (exact) mass is 264 g/mol. The predicted molar refractivity (Wildman–Crippen MR) is 59.1 cm³/mol. The third-order valence-corrected chi connectivity index (χ3v) is 4.54. The summed E-state index contributed by atoms with van der Waals surface area (Å²) in [6.45, 7) is 2.64. The first-order valence-electron chi connectivity index (χ1n) is 5.57. The van der Waals surface area contributed by atoms with Gasteiger partial charge in [0.1, 0.15) is 0 Å². The van der Waals surface area contributed by atoms with Crippen molar-refractivity contribution in [1.29, 1.82) is 0 Å². The van der Waals surface area contributed by atoms with Crippen molar-refractivity contribution in [3.05, 3.63) is 0 Å². The molecule has 2 aliphatic heterocycles. The number of ether oxygens (including phenoxy) is 2. The molecule has 2 rings (SSSR count). The molecule has 0 saturated carbocycles. The van der Waals surface area contributed by atoms with Crippen LogP contribution in [0.2, 0.25) is 0 Å². The maximum absolute atomic E-state index is 12.0. The average Bonchev–Trinajstić information content (AvgIpc) is 2.40. The molecule has 0 aromatic heterocycles. The molecule has 2 heterocycles. The Balaban J connectivity index is 2.05. The van der Waals surface area contributed by atoms with Gasteiger partial charge in [-0.15, -0.1) is 0 Å². The number of rotatable bonds is 1. The minimum Gasteiger partial charge on any atom is -0.379 e. The van der Waals surface area contributed by atoms with Gasteiger partial charge in [0.25, 0.3) is 10.0 Å². The molecule has 0 N–H and O–H groups in total. The number of amides is 1. The second kappa shape index (κ2) is 5.30. The highest BCUT2D eigenvalue weighted by Crippen LogP contribution is 2.11. The lowest BCUT2D eigenvalue weighted by molar-refractivity contribution is 0.0567. The van der Waals surface area contributed by atoms with E-state index in [-0.39, 0.29) is 13.1 Å². The summed E-state index contributed by atoms with van der Waals surface area (Å²) >= 11 is 0. The number of hydrogen-bond donors (Lipinski definition) is 0. The minimum absolute atomic E-state index is 0.248. The van der Waals surface area contributed by atoms with Crippen LogP contribution < -0.4 is 0 Å². The van der Waals surface area contributed by atoms with Crippen molar-refractivity contribution in [3.63, 3.8) is 0 Å². The molecule has 2 fully saturated rings.